The molecule has 0 spiro atoms. The Labute approximate surface area is 91.3 Å². The molecule has 0 aliphatic rings. The van der Waals surface area contributed by atoms with E-state index in [0.29, 0.717) is 0 Å². The molecule has 2 N–H and O–H groups in total. The molecule has 1 heterocycles. The fraction of sp³-hybridized carbons (Fsp3) is 0.200. The lowest BCUT2D eigenvalue weighted by Crippen LogP contribution is -2.29. The van der Waals surface area contributed by atoms with Crippen molar-refractivity contribution in [1.82, 2.24) is 0 Å². The number of esters is 1. The van der Waals surface area contributed by atoms with Crippen LogP contribution in [0.4, 0.5) is 0 Å². The van der Waals surface area contributed by atoms with Gasteiger partial charge in [0.25, 0.3) is 5.91 Å². The lowest BCUT2D eigenvalue weighted by atomic mass is 10.3. The quantitative estimate of drug-likeness (QED) is 0.618. The van der Waals surface area contributed by atoms with Crippen molar-refractivity contribution in [2.24, 2.45) is 5.73 Å². The summed E-state index contributed by atoms with van der Waals surface area (Å²) in [6.45, 7) is 1.43. The van der Waals surface area contributed by atoms with E-state index in [4.69, 9.17) is 10.5 Å². The second-order valence-electron chi connectivity index (χ2n) is 2.87. The molecule has 1 amide bonds. The molecule has 0 bridgehead atoms. The first-order chi connectivity index (χ1) is 7.09. The zero-order valence-corrected chi connectivity index (χ0v) is 8.99. The van der Waals surface area contributed by atoms with E-state index < -0.39 is 18.0 Å². The van der Waals surface area contributed by atoms with E-state index >= 15 is 0 Å². The topological polar surface area (TPSA) is 69.4 Å². The van der Waals surface area contributed by atoms with Crippen molar-refractivity contribution in [2.45, 2.75) is 13.0 Å². The van der Waals surface area contributed by atoms with Gasteiger partial charge >= 0.3 is 5.97 Å². The van der Waals surface area contributed by atoms with Gasteiger partial charge in [-0.15, -0.1) is 0 Å². The molecule has 1 aromatic rings. The van der Waals surface area contributed by atoms with Crippen LogP contribution in [-0.2, 0) is 14.3 Å². The SMILES string of the molecule is C[C@H](OC(=O)/C=C/c1ccsc1)C(N)=O. The number of primary amides is 1. The summed E-state index contributed by atoms with van der Waals surface area (Å²) < 4.78 is 4.71. The van der Waals surface area contributed by atoms with Crippen LogP contribution in [0.15, 0.2) is 22.9 Å². The summed E-state index contributed by atoms with van der Waals surface area (Å²) in [4.78, 5) is 21.7. The number of amides is 1. The Balaban J connectivity index is 2.46. The third kappa shape index (κ3) is 3.95. The van der Waals surface area contributed by atoms with Gasteiger partial charge in [-0.1, -0.05) is 0 Å². The van der Waals surface area contributed by atoms with Gasteiger partial charge in [-0.25, -0.2) is 4.79 Å². The second-order valence-corrected chi connectivity index (χ2v) is 3.65. The Morgan fingerprint density at radius 1 is 1.60 bits per heavy atom. The highest BCUT2D eigenvalue weighted by atomic mass is 32.1. The van der Waals surface area contributed by atoms with E-state index in [1.807, 2.05) is 16.8 Å². The van der Waals surface area contributed by atoms with Crippen molar-refractivity contribution in [3.63, 3.8) is 0 Å². The number of thiophene rings is 1. The summed E-state index contributed by atoms with van der Waals surface area (Å²) in [5.74, 6) is -1.24. The summed E-state index contributed by atoms with van der Waals surface area (Å²) in [6, 6.07) is 1.87. The highest BCUT2D eigenvalue weighted by molar-refractivity contribution is 7.08. The fourth-order valence-corrected chi connectivity index (χ4v) is 1.43. The number of nitrogens with two attached hydrogens (primary N) is 1. The Bertz CT molecular complexity index is 370. The molecule has 5 heteroatoms. The smallest absolute Gasteiger partial charge is 0.331 e. The van der Waals surface area contributed by atoms with E-state index in [9.17, 15) is 9.59 Å². The first-order valence-electron chi connectivity index (χ1n) is 4.30. The third-order valence-corrected chi connectivity index (χ3v) is 2.35. The van der Waals surface area contributed by atoms with E-state index in [0.717, 1.165) is 5.56 Å². The van der Waals surface area contributed by atoms with Gasteiger partial charge in [0.05, 0.1) is 0 Å². The van der Waals surface area contributed by atoms with E-state index in [1.165, 1.54) is 24.3 Å². The lowest BCUT2D eigenvalue weighted by molar-refractivity contribution is -0.148. The molecule has 1 atom stereocenters. The maximum Gasteiger partial charge on any atom is 0.331 e. The molecule has 1 rings (SSSR count). The number of carbonyl (C=O) groups is 2. The minimum Gasteiger partial charge on any atom is -0.449 e. The summed E-state index contributed by atoms with van der Waals surface area (Å²) in [7, 11) is 0. The minimum atomic E-state index is -0.898. The van der Waals surface area contributed by atoms with Gasteiger partial charge in [-0.2, -0.15) is 11.3 Å². The van der Waals surface area contributed by atoms with Crippen molar-refractivity contribution in [2.75, 3.05) is 0 Å². The molecule has 4 nitrogen and oxygen atoms in total. The number of carbonyl (C=O) groups excluding carboxylic acids is 2. The normalized spacial score (nSPS) is 12.6. The summed E-state index contributed by atoms with van der Waals surface area (Å²) >= 11 is 1.53. The highest BCUT2D eigenvalue weighted by Crippen LogP contribution is 2.07. The van der Waals surface area contributed by atoms with Crippen LogP contribution in [0.3, 0.4) is 0 Å². The number of ether oxygens (including phenoxy) is 1. The number of hydrogen-bond donors (Lipinski definition) is 1. The average molecular weight is 225 g/mol. The van der Waals surface area contributed by atoms with Crippen molar-refractivity contribution < 1.29 is 14.3 Å². The monoisotopic (exact) mass is 225 g/mol. The average Bonchev–Trinajstić information content (AvgIpc) is 2.66. The molecule has 0 saturated carbocycles. The molecule has 0 aromatic carbocycles. The van der Waals surface area contributed by atoms with Gasteiger partial charge in [-0.3, -0.25) is 4.79 Å². The molecular weight excluding hydrogens is 214 g/mol. The van der Waals surface area contributed by atoms with E-state index in [1.54, 1.807) is 6.08 Å². The zero-order chi connectivity index (χ0) is 11.3. The van der Waals surface area contributed by atoms with Crippen molar-refractivity contribution in [3.05, 3.63) is 28.5 Å². The molecule has 0 aliphatic carbocycles. The molecule has 0 radical (unpaired) electrons. The first-order valence-corrected chi connectivity index (χ1v) is 5.24. The van der Waals surface area contributed by atoms with Gasteiger partial charge in [-0.05, 0) is 35.4 Å². The van der Waals surface area contributed by atoms with Gasteiger partial charge in [0.1, 0.15) is 0 Å². The fourth-order valence-electron chi connectivity index (χ4n) is 0.806. The number of hydrogen-bond acceptors (Lipinski definition) is 4. The molecule has 80 valence electrons. The zero-order valence-electron chi connectivity index (χ0n) is 8.17. The van der Waals surface area contributed by atoms with Gasteiger partial charge in [0.2, 0.25) is 0 Å². The molecular formula is C10H11NO3S. The number of rotatable bonds is 4. The van der Waals surface area contributed by atoms with Gasteiger partial charge in [0, 0.05) is 6.08 Å². The van der Waals surface area contributed by atoms with Crippen LogP contribution >= 0.6 is 11.3 Å². The van der Waals surface area contributed by atoms with Crippen LogP contribution in [0.5, 0.6) is 0 Å². The Morgan fingerprint density at radius 2 is 2.33 bits per heavy atom. The summed E-state index contributed by atoms with van der Waals surface area (Å²) in [5, 5.41) is 3.79. The molecule has 0 fully saturated rings. The Kier molecular flexibility index (Phi) is 4.05. The van der Waals surface area contributed by atoms with Crippen molar-refractivity contribution >= 4 is 29.3 Å². The maximum atomic E-state index is 11.1. The Hall–Kier alpha value is -1.62. The molecule has 15 heavy (non-hydrogen) atoms. The van der Waals surface area contributed by atoms with Crippen LogP contribution in [0.1, 0.15) is 12.5 Å². The molecule has 0 aliphatic heterocycles. The first kappa shape index (κ1) is 11.5. The molecule has 0 unspecified atom stereocenters. The van der Waals surface area contributed by atoms with Gasteiger partial charge in [0.15, 0.2) is 6.10 Å². The molecule has 0 saturated heterocycles. The third-order valence-electron chi connectivity index (χ3n) is 1.65. The van der Waals surface area contributed by atoms with Crippen LogP contribution in [0, 0.1) is 0 Å². The van der Waals surface area contributed by atoms with E-state index in [2.05, 4.69) is 0 Å². The maximum absolute atomic E-state index is 11.1. The standard InChI is InChI=1S/C10H11NO3S/c1-7(10(11)13)14-9(12)3-2-8-4-5-15-6-8/h2-7H,1H3,(H2,11,13)/b3-2+/t7-/m0/s1. The predicted octanol–water partition coefficient (Wildman–Crippen LogP) is 1.18. The van der Waals surface area contributed by atoms with Crippen molar-refractivity contribution in [3.8, 4) is 0 Å². The minimum absolute atomic E-state index is 0.576. The predicted molar refractivity (Wildman–Crippen MR) is 58.1 cm³/mol. The molecule has 1 aromatic heterocycles. The summed E-state index contributed by atoms with van der Waals surface area (Å²) in [5.41, 5.74) is 5.86. The Morgan fingerprint density at radius 3 is 2.87 bits per heavy atom. The van der Waals surface area contributed by atoms with Crippen LogP contribution < -0.4 is 5.73 Å². The lowest BCUT2D eigenvalue weighted by Gasteiger charge is -2.06. The van der Waals surface area contributed by atoms with Crippen LogP contribution in [-0.4, -0.2) is 18.0 Å². The second kappa shape index (κ2) is 5.31. The van der Waals surface area contributed by atoms with E-state index in [-0.39, 0.29) is 0 Å². The van der Waals surface area contributed by atoms with Crippen LogP contribution in [0.25, 0.3) is 6.08 Å². The summed E-state index contributed by atoms with van der Waals surface area (Å²) in [6.07, 6.45) is 1.98. The largest absolute Gasteiger partial charge is 0.449 e. The highest BCUT2D eigenvalue weighted by Gasteiger charge is 2.11. The van der Waals surface area contributed by atoms with Crippen LogP contribution in [0.2, 0.25) is 0 Å². The van der Waals surface area contributed by atoms with Gasteiger partial charge < -0.3 is 10.5 Å². The van der Waals surface area contributed by atoms with Crippen molar-refractivity contribution in [1.29, 1.82) is 0 Å².